The fourth-order valence-electron chi connectivity index (χ4n) is 0.567. The molecule has 0 heterocycles. The quantitative estimate of drug-likeness (QED) is 0.357. The van der Waals surface area contributed by atoms with Crippen molar-refractivity contribution in [3.63, 3.8) is 0 Å². The van der Waals surface area contributed by atoms with E-state index in [0.717, 1.165) is 0 Å². The van der Waals surface area contributed by atoms with Gasteiger partial charge in [-0.15, -0.1) is 0 Å². The fourth-order valence-corrected chi connectivity index (χ4v) is 0.567. The summed E-state index contributed by atoms with van der Waals surface area (Å²) in [6, 6.07) is 0. The predicted octanol–water partition coefficient (Wildman–Crippen LogP) is -1.94. The van der Waals surface area contributed by atoms with E-state index in [1.807, 2.05) is 0 Å². The molecule has 0 amide bonds. The number of hydrogen-bond acceptors (Lipinski definition) is 5. The minimum Gasteiger partial charge on any atom is -0.394 e. The Morgan fingerprint density at radius 1 is 1.27 bits per heavy atom. The molecule has 0 aliphatic carbocycles. The highest BCUT2D eigenvalue weighted by molar-refractivity contribution is 4.67. The number of ether oxygens (including phenoxy) is 1. The zero-order valence-electron chi connectivity index (χ0n) is 6.34. The van der Waals surface area contributed by atoms with Crippen LogP contribution in [0.2, 0.25) is 0 Å². The second kappa shape index (κ2) is 5.45. The molecule has 0 aliphatic rings. The average molecular weight is 166 g/mol. The summed E-state index contributed by atoms with van der Waals surface area (Å²) in [5.74, 6) is 0. The summed E-state index contributed by atoms with van der Waals surface area (Å²) in [4.78, 5) is 0. The van der Waals surface area contributed by atoms with E-state index in [4.69, 9.17) is 20.4 Å². The first-order valence-electron chi connectivity index (χ1n) is 3.40. The molecule has 0 bridgehead atoms. The van der Waals surface area contributed by atoms with Crippen LogP contribution in [0, 0.1) is 0 Å². The van der Waals surface area contributed by atoms with Crippen molar-refractivity contribution in [1.82, 2.24) is 0 Å². The lowest BCUT2D eigenvalue weighted by Crippen LogP contribution is -2.40. The highest BCUT2D eigenvalue weighted by atomic mass is 16.6. The molecule has 11 heavy (non-hydrogen) atoms. The van der Waals surface area contributed by atoms with Gasteiger partial charge in [-0.25, -0.2) is 0 Å². The van der Waals surface area contributed by atoms with Gasteiger partial charge in [-0.3, -0.25) is 0 Å². The van der Waals surface area contributed by atoms with Gasteiger partial charge in [0, 0.05) is 6.61 Å². The second-order valence-corrected chi connectivity index (χ2v) is 2.09. The first kappa shape index (κ1) is 10.8. The summed E-state index contributed by atoms with van der Waals surface area (Å²) < 4.78 is 4.56. The zero-order valence-corrected chi connectivity index (χ0v) is 6.34. The predicted molar refractivity (Wildman–Crippen MR) is 36.7 cm³/mol. The van der Waals surface area contributed by atoms with E-state index >= 15 is 0 Å². The van der Waals surface area contributed by atoms with Crippen LogP contribution in [0.5, 0.6) is 0 Å². The van der Waals surface area contributed by atoms with Gasteiger partial charge in [-0.05, 0) is 6.92 Å². The first-order valence-corrected chi connectivity index (χ1v) is 3.40. The van der Waals surface area contributed by atoms with Crippen LogP contribution in [0.15, 0.2) is 0 Å². The van der Waals surface area contributed by atoms with Crippen LogP contribution in [0.1, 0.15) is 6.92 Å². The van der Waals surface area contributed by atoms with Gasteiger partial charge in [0.2, 0.25) is 0 Å². The van der Waals surface area contributed by atoms with Crippen molar-refractivity contribution < 1.29 is 25.2 Å². The largest absolute Gasteiger partial charge is 0.394 e. The van der Waals surface area contributed by atoms with Gasteiger partial charge in [-0.1, -0.05) is 0 Å². The third kappa shape index (κ3) is 3.64. The Balaban J connectivity index is 3.70. The molecule has 0 unspecified atom stereocenters. The van der Waals surface area contributed by atoms with Crippen molar-refractivity contribution in [1.29, 1.82) is 0 Å². The lowest BCUT2D eigenvalue weighted by atomic mass is 10.2. The van der Waals surface area contributed by atoms with Gasteiger partial charge >= 0.3 is 0 Å². The Bertz CT molecular complexity index is 97.0. The van der Waals surface area contributed by atoms with E-state index in [0.29, 0.717) is 0 Å². The van der Waals surface area contributed by atoms with Crippen LogP contribution in [0.3, 0.4) is 0 Å². The molecule has 0 fully saturated rings. The number of aliphatic hydroxyl groups excluding tert-OH is 4. The van der Waals surface area contributed by atoms with E-state index in [2.05, 4.69) is 4.74 Å². The van der Waals surface area contributed by atoms with Crippen molar-refractivity contribution in [3.05, 3.63) is 0 Å². The maximum absolute atomic E-state index is 8.93. The molecule has 0 aromatic carbocycles. The minimum absolute atomic E-state index is 0.233. The number of hydrogen-bond donors (Lipinski definition) is 4. The van der Waals surface area contributed by atoms with Gasteiger partial charge in [0.15, 0.2) is 6.29 Å². The first-order chi connectivity index (χ1) is 5.13. The SMILES string of the molecule is CCO[C@@H](O)[C@@H](O)[C@H](O)CO. The third-order valence-electron chi connectivity index (χ3n) is 1.21. The maximum atomic E-state index is 8.93. The van der Waals surface area contributed by atoms with Crippen LogP contribution in [0.4, 0.5) is 0 Å². The molecule has 0 saturated heterocycles. The third-order valence-corrected chi connectivity index (χ3v) is 1.21. The van der Waals surface area contributed by atoms with E-state index in [-0.39, 0.29) is 6.61 Å². The van der Waals surface area contributed by atoms with Crippen LogP contribution in [-0.2, 0) is 4.74 Å². The lowest BCUT2D eigenvalue weighted by molar-refractivity contribution is -0.190. The summed E-state index contributed by atoms with van der Waals surface area (Å²) in [5, 5.41) is 34.9. The fraction of sp³-hybridized carbons (Fsp3) is 1.00. The minimum atomic E-state index is -1.46. The Morgan fingerprint density at radius 2 is 1.82 bits per heavy atom. The summed E-state index contributed by atoms with van der Waals surface area (Å²) in [6.45, 7) is 1.27. The van der Waals surface area contributed by atoms with E-state index in [1.54, 1.807) is 6.92 Å². The average Bonchev–Trinajstić information content (AvgIpc) is 2.02. The summed E-state index contributed by atoms with van der Waals surface area (Å²) in [5.41, 5.74) is 0. The molecule has 5 nitrogen and oxygen atoms in total. The molecule has 0 aromatic rings. The molecule has 0 aromatic heterocycles. The molecule has 0 saturated carbocycles. The van der Waals surface area contributed by atoms with E-state index < -0.39 is 25.1 Å². The zero-order chi connectivity index (χ0) is 8.85. The van der Waals surface area contributed by atoms with E-state index in [1.165, 1.54) is 0 Å². The normalized spacial score (nSPS) is 19.4. The lowest BCUT2D eigenvalue weighted by Gasteiger charge is -2.20. The van der Waals surface area contributed by atoms with Crippen molar-refractivity contribution in [3.8, 4) is 0 Å². The van der Waals surface area contributed by atoms with Gasteiger partial charge in [0.1, 0.15) is 12.2 Å². The Hall–Kier alpha value is -0.200. The highest BCUT2D eigenvalue weighted by Gasteiger charge is 2.23. The summed E-state index contributed by atoms with van der Waals surface area (Å²) >= 11 is 0. The Kier molecular flexibility index (Phi) is 5.35. The van der Waals surface area contributed by atoms with Crippen LogP contribution in [0.25, 0.3) is 0 Å². The van der Waals surface area contributed by atoms with Crippen LogP contribution < -0.4 is 0 Å². The van der Waals surface area contributed by atoms with E-state index in [9.17, 15) is 0 Å². The van der Waals surface area contributed by atoms with Crippen molar-refractivity contribution in [2.45, 2.75) is 25.4 Å². The van der Waals surface area contributed by atoms with Crippen molar-refractivity contribution in [2.24, 2.45) is 0 Å². The molecule has 0 spiro atoms. The Labute approximate surface area is 64.9 Å². The monoisotopic (exact) mass is 166 g/mol. The topological polar surface area (TPSA) is 90.2 Å². The number of rotatable bonds is 5. The summed E-state index contributed by atoms with van der Waals surface area (Å²) in [6.07, 6.45) is -4.27. The highest BCUT2D eigenvalue weighted by Crippen LogP contribution is 2.00. The molecular formula is C6H14O5. The van der Waals surface area contributed by atoms with Crippen LogP contribution >= 0.6 is 0 Å². The van der Waals surface area contributed by atoms with Gasteiger partial charge in [0.25, 0.3) is 0 Å². The van der Waals surface area contributed by atoms with Crippen LogP contribution in [-0.4, -0.2) is 52.1 Å². The van der Waals surface area contributed by atoms with Gasteiger partial charge in [-0.2, -0.15) is 0 Å². The maximum Gasteiger partial charge on any atom is 0.183 e. The molecular weight excluding hydrogens is 152 g/mol. The van der Waals surface area contributed by atoms with Gasteiger partial charge < -0.3 is 25.2 Å². The molecule has 5 heteroatoms. The van der Waals surface area contributed by atoms with Crippen molar-refractivity contribution >= 4 is 0 Å². The molecule has 0 aliphatic heterocycles. The molecule has 3 atom stereocenters. The molecule has 0 rings (SSSR count). The smallest absolute Gasteiger partial charge is 0.183 e. The standard InChI is InChI=1S/C6H14O5/c1-2-11-6(10)5(9)4(8)3-7/h4-10H,2-3H2,1H3/t4-,5+,6-/m1/s1. The second-order valence-electron chi connectivity index (χ2n) is 2.09. The van der Waals surface area contributed by atoms with Gasteiger partial charge in [0.05, 0.1) is 6.61 Å². The molecule has 68 valence electrons. The molecule has 0 radical (unpaired) electrons. The van der Waals surface area contributed by atoms with Crippen molar-refractivity contribution in [2.75, 3.05) is 13.2 Å². The molecule has 4 N–H and O–H groups in total. The summed E-state index contributed by atoms with van der Waals surface area (Å²) in [7, 11) is 0. The Morgan fingerprint density at radius 3 is 2.18 bits per heavy atom. The number of aliphatic hydroxyl groups is 4.